The number of amides is 1. The minimum atomic E-state index is -3.84. The quantitative estimate of drug-likeness (QED) is 0.687. The van der Waals surface area contributed by atoms with E-state index in [4.69, 9.17) is 0 Å². The number of aryl methyl sites for hydroxylation is 1. The molecule has 6 nitrogen and oxygen atoms in total. The summed E-state index contributed by atoms with van der Waals surface area (Å²) in [7, 11) is -3.84. The molecule has 0 unspecified atom stereocenters. The van der Waals surface area contributed by atoms with Gasteiger partial charge in [0, 0.05) is 25.5 Å². The molecule has 1 aliphatic heterocycles. The predicted octanol–water partition coefficient (Wildman–Crippen LogP) is 2.82. The van der Waals surface area contributed by atoms with E-state index in [0.717, 1.165) is 22.3 Å². The summed E-state index contributed by atoms with van der Waals surface area (Å²) in [4.78, 5) is 17.3. The third-order valence-corrected chi connectivity index (χ3v) is 7.19. The molecule has 1 aromatic heterocycles. The van der Waals surface area contributed by atoms with E-state index in [2.05, 4.69) is 10.3 Å². The number of hydrogen-bond acceptors (Lipinski definition) is 4. The van der Waals surface area contributed by atoms with Gasteiger partial charge in [0.15, 0.2) is 0 Å². The molecule has 0 spiro atoms. The largest absolute Gasteiger partial charge is 0.351 e. The molecule has 0 fully saturated rings. The molecule has 1 amide bonds. The Kier molecular flexibility index (Phi) is 5.65. The average Bonchev–Trinajstić information content (AvgIpc) is 2.77. The predicted molar refractivity (Wildman–Crippen MR) is 114 cm³/mol. The molecule has 0 saturated carbocycles. The van der Waals surface area contributed by atoms with Gasteiger partial charge in [0.25, 0.3) is 0 Å². The van der Waals surface area contributed by atoms with E-state index in [9.17, 15) is 13.2 Å². The van der Waals surface area contributed by atoms with Gasteiger partial charge in [-0.05, 0) is 48.2 Å². The van der Waals surface area contributed by atoms with Crippen molar-refractivity contribution >= 4 is 15.9 Å². The van der Waals surface area contributed by atoms with Crippen LogP contribution in [0.5, 0.6) is 0 Å². The van der Waals surface area contributed by atoms with Crippen molar-refractivity contribution in [3.05, 3.63) is 95.3 Å². The molecule has 0 aliphatic carbocycles. The molecule has 1 N–H and O–H groups in total. The van der Waals surface area contributed by atoms with Gasteiger partial charge < -0.3 is 5.32 Å². The van der Waals surface area contributed by atoms with Crippen molar-refractivity contribution in [2.75, 3.05) is 0 Å². The molecular weight excluding hydrogens is 398 g/mol. The summed E-state index contributed by atoms with van der Waals surface area (Å²) in [6.45, 7) is 2.36. The normalized spacial score (nSPS) is 16.6. The standard InChI is InChI=1S/C23H23N3O3S/c1-17-8-10-21(11-9-17)30(28,29)26-16-20-7-3-2-6-19(20)13-22(26)23(27)25-15-18-5-4-12-24-14-18/h2-12,14,22H,13,15-16H2,1H3,(H,25,27)/t22-/m1/s1. The number of fused-ring (bicyclic) bond motifs is 1. The average molecular weight is 422 g/mol. The number of pyridine rings is 1. The molecule has 2 aromatic carbocycles. The fourth-order valence-electron chi connectivity index (χ4n) is 3.63. The number of sulfonamides is 1. The lowest BCUT2D eigenvalue weighted by Gasteiger charge is -2.35. The minimum Gasteiger partial charge on any atom is -0.351 e. The maximum absolute atomic E-state index is 13.4. The molecule has 7 heteroatoms. The third kappa shape index (κ3) is 4.13. The number of benzene rings is 2. The van der Waals surface area contributed by atoms with Crippen molar-refractivity contribution in [2.45, 2.75) is 37.4 Å². The van der Waals surface area contributed by atoms with Crippen molar-refractivity contribution in [3.63, 3.8) is 0 Å². The second-order valence-corrected chi connectivity index (χ2v) is 9.32. The first kappa shape index (κ1) is 20.3. The summed E-state index contributed by atoms with van der Waals surface area (Å²) in [6, 6.07) is 17.2. The molecule has 0 bridgehead atoms. The highest BCUT2D eigenvalue weighted by Crippen LogP contribution is 2.29. The van der Waals surface area contributed by atoms with Gasteiger partial charge in [-0.2, -0.15) is 4.31 Å². The summed E-state index contributed by atoms with van der Waals surface area (Å²) in [5, 5.41) is 2.88. The molecule has 0 saturated heterocycles. The van der Waals surface area contributed by atoms with Gasteiger partial charge in [-0.15, -0.1) is 0 Å². The van der Waals surface area contributed by atoms with Crippen LogP contribution in [0.2, 0.25) is 0 Å². The Bertz CT molecular complexity index is 1150. The number of rotatable bonds is 5. The topological polar surface area (TPSA) is 79.4 Å². The molecule has 2 heterocycles. The van der Waals surface area contributed by atoms with E-state index < -0.39 is 16.1 Å². The minimum absolute atomic E-state index is 0.164. The monoisotopic (exact) mass is 421 g/mol. The molecule has 30 heavy (non-hydrogen) atoms. The van der Waals surface area contributed by atoms with Gasteiger partial charge in [0.05, 0.1) is 4.90 Å². The van der Waals surface area contributed by atoms with Crippen molar-refractivity contribution in [1.82, 2.24) is 14.6 Å². The number of aromatic nitrogens is 1. The van der Waals surface area contributed by atoms with Crippen LogP contribution in [0.4, 0.5) is 0 Å². The zero-order chi connectivity index (χ0) is 21.1. The van der Waals surface area contributed by atoms with E-state index in [1.165, 1.54) is 4.31 Å². The van der Waals surface area contributed by atoms with Crippen molar-refractivity contribution < 1.29 is 13.2 Å². The molecule has 154 valence electrons. The second kappa shape index (κ2) is 8.38. The highest BCUT2D eigenvalue weighted by atomic mass is 32.2. The van der Waals surface area contributed by atoms with Crippen molar-refractivity contribution in [2.24, 2.45) is 0 Å². The Morgan fingerprint density at radius 1 is 1.07 bits per heavy atom. The highest BCUT2D eigenvalue weighted by Gasteiger charge is 2.39. The zero-order valence-corrected chi connectivity index (χ0v) is 17.5. The number of carbonyl (C=O) groups is 1. The third-order valence-electron chi connectivity index (χ3n) is 5.33. The van der Waals surface area contributed by atoms with E-state index in [1.54, 1.807) is 42.7 Å². The van der Waals surface area contributed by atoms with Crippen LogP contribution in [0.25, 0.3) is 0 Å². The summed E-state index contributed by atoms with van der Waals surface area (Å²) in [5.74, 6) is -0.316. The molecule has 4 rings (SSSR count). The van der Waals surface area contributed by atoms with E-state index >= 15 is 0 Å². The Morgan fingerprint density at radius 3 is 2.50 bits per heavy atom. The zero-order valence-electron chi connectivity index (χ0n) is 16.7. The Hall–Kier alpha value is -3.03. The Balaban J connectivity index is 1.65. The lowest BCUT2D eigenvalue weighted by molar-refractivity contribution is -0.125. The molecule has 1 atom stereocenters. The molecule has 3 aromatic rings. The van der Waals surface area contributed by atoms with Gasteiger partial charge in [-0.25, -0.2) is 8.42 Å². The summed E-state index contributed by atoms with van der Waals surface area (Å²) in [5.41, 5.74) is 3.75. The lowest BCUT2D eigenvalue weighted by atomic mass is 9.95. The van der Waals surface area contributed by atoms with Gasteiger partial charge >= 0.3 is 0 Å². The van der Waals surface area contributed by atoms with Crippen LogP contribution < -0.4 is 5.32 Å². The van der Waals surface area contributed by atoms with Crippen LogP contribution in [0.3, 0.4) is 0 Å². The maximum Gasteiger partial charge on any atom is 0.244 e. The molecule has 1 aliphatic rings. The second-order valence-electron chi connectivity index (χ2n) is 7.43. The SMILES string of the molecule is Cc1ccc(S(=O)(=O)N2Cc3ccccc3C[C@@H]2C(=O)NCc2cccnc2)cc1. The van der Waals surface area contributed by atoms with E-state index in [0.29, 0.717) is 13.0 Å². The summed E-state index contributed by atoms with van der Waals surface area (Å²) in [6.07, 6.45) is 3.68. The number of hydrogen-bond donors (Lipinski definition) is 1. The Morgan fingerprint density at radius 2 is 1.80 bits per heavy atom. The van der Waals surface area contributed by atoms with Crippen molar-refractivity contribution in [1.29, 1.82) is 0 Å². The van der Waals surface area contributed by atoms with Crippen LogP contribution in [0.1, 0.15) is 22.3 Å². The van der Waals surface area contributed by atoms with Gasteiger partial charge in [-0.1, -0.05) is 48.0 Å². The highest BCUT2D eigenvalue weighted by molar-refractivity contribution is 7.89. The molecular formula is C23H23N3O3S. The van der Waals surface area contributed by atoms with Crippen LogP contribution in [-0.4, -0.2) is 29.7 Å². The Labute approximate surface area is 176 Å². The van der Waals surface area contributed by atoms with Gasteiger partial charge in [-0.3, -0.25) is 9.78 Å². The number of nitrogens with zero attached hydrogens (tertiary/aromatic N) is 2. The fourth-order valence-corrected chi connectivity index (χ4v) is 5.20. The van der Waals surface area contributed by atoms with E-state index in [-0.39, 0.29) is 17.3 Å². The lowest BCUT2D eigenvalue weighted by Crippen LogP contribution is -2.52. The van der Waals surface area contributed by atoms with E-state index in [1.807, 2.05) is 37.3 Å². The van der Waals surface area contributed by atoms with Crippen LogP contribution >= 0.6 is 0 Å². The van der Waals surface area contributed by atoms with Gasteiger partial charge in [0.2, 0.25) is 15.9 Å². The van der Waals surface area contributed by atoms with Crippen LogP contribution in [-0.2, 0) is 34.3 Å². The molecule has 0 radical (unpaired) electrons. The van der Waals surface area contributed by atoms with Crippen molar-refractivity contribution in [3.8, 4) is 0 Å². The fraction of sp³-hybridized carbons (Fsp3) is 0.217. The summed E-state index contributed by atoms with van der Waals surface area (Å²) < 4.78 is 28.2. The number of nitrogens with one attached hydrogen (secondary N) is 1. The van der Waals surface area contributed by atoms with Crippen LogP contribution in [0, 0.1) is 6.92 Å². The van der Waals surface area contributed by atoms with Crippen LogP contribution in [0.15, 0.2) is 78.0 Å². The summed E-state index contributed by atoms with van der Waals surface area (Å²) >= 11 is 0. The first-order chi connectivity index (χ1) is 14.4. The smallest absolute Gasteiger partial charge is 0.244 e. The maximum atomic E-state index is 13.4. The van der Waals surface area contributed by atoms with Gasteiger partial charge in [0.1, 0.15) is 6.04 Å². The first-order valence-electron chi connectivity index (χ1n) is 9.77. The number of carbonyl (C=O) groups excluding carboxylic acids is 1. The first-order valence-corrected chi connectivity index (χ1v) is 11.2.